The van der Waals surface area contributed by atoms with Crippen LogP contribution in [-0.4, -0.2) is 25.3 Å². The van der Waals surface area contributed by atoms with Crippen LogP contribution in [0.25, 0.3) is 0 Å². The number of ether oxygens (including phenoxy) is 2. The Hall–Kier alpha value is -0.710. The van der Waals surface area contributed by atoms with Gasteiger partial charge in [-0.1, -0.05) is 54.1 Å². The number of halogens is 1. The maximum absolute atomic E-state index is 13.7. The zero-order chi connectivity index (χ0) is 17.3. The molecule has 126 valence electrons. The minimum absolute atomic E-state index is 0.0173. The van der Waals surface area contributed by atoms with Gasteiger partial charge in [0.2, 0.25) is 11.6 Å². The van der Waals surface area contributed by atoms with Crippen LogP contribution >= 0.6 is 15.9 Å². The molecule has 3 nitrogen and oxygen atoms in total. The fourth-order valence-electron chi connectivity index (χ4n) is 5.24. The minimum Gasteiger partial charge on any atom is -0.346 e. The van der Waals surface area contributed by atoms with Crippen LogP contribution in [0.4, 0.5) is 0 Å². The van der Waals surface area contributed by atoms with Gasteiger partial charge in [-0.3, -0.25) is 4.79 Å². The van der Waals surface area contributed by atoms with Crippen LogP contribution in [-0.2, 0) is 14.3 Å². The molecule has 2 fully saturated rings. The van der Waals surface area contributed by atoms with Gasteiger partial charge in [-0.15, -0.1) is 6.58 Å². The summed E-state index contributed by atoms with van der Waals surface area (Å²) in [4.78, 5) is 13.7. The molecule has 23 heavy (non-hydrogen) atoms. The van der Waals surface area contributed by atoms with Crippen molar-refractivity contribution in [1.29, 1.82) is 0 Å². The number of carbonyl (C=O) groups excluding carboxylic acids is 1. The van der Waals surface area contributed by atoms with Gasteiger partial charge in [-0.05, 0) is 19.8 Å². The summed E-state index contributed by atoms with van der Waals surface area (Å²) in [5, 5.41) is 0. The van der Waals surface area contributed by atoms with Gasteiger partial charge in [0.05, 0.1) is 17.4 Å². The average molecular weight is 381 g/mol. The monoisotopic (exact) mass is 380 g/mol. The summed E-state index contributed by atoms with van der Waals surface area (Å²) >= 11 is 3.76. The van der Waals surface area contributed by atoms with Gasteiger partial charge in [0.25, 0.3) is 0 Å². The molecular formula is C19H25BrO3. The van der Waals surface area contributed by atoms with Crippen molar-refractivity contribution in [3.05, 3.63) is 35.4 Å². The van der Waals surface area contributed by atoms with Crippen molar-refractivity contribution in [3.63, 3.8) is 0 Å². The minimum atomic E-state index is -1.23. The molecular weight excluding hydrogens is 356 g/mol. The molecule has 0 radical (unpaired) electrons. The standard InChI is InChI=1S/C19H25BrO3/c1-7-9-13-16(4)11-23-19(22-6)15(21)18(13,12(3)8-2)10-14(20)17(16,19)5/h7-10,12-13H,2,11H2,1,3-6H3/b9-7+/t12?,13-,16+,17-,18-,19+/m0/s1. The summed E-state index contributed by atoms with van der Waals surface area (Å²) in [6.45, 7) is 12.8. The molecule has 1 unspecified atom stereocenters. The van der Waals surface area contributed by atoms with Gasteiger partial charge in [0.15, 0.2) is 0 Å². The molecule has 0 aromatic carbocycles. The van der Waals surface area contributed by atoms with Gasteiger partial charge < -0.3 is 9.47 Å². The van der Waals surface area contributed by atoms with E-state index in [0.717, 1.165) is 4.48 Å². The lowest BCUT2D eigenvalue weighted by atomic mass is 9.39. The molecule has 4 aliphatic rings. The van der Waals surface area contributed by atoms with E-state index >= 15 is 0 Å². The fraction of sp³-hybridized carbons (Fsp3) is 0.632. The summed E-state index contributed by atoms with van der Waals surface area (Å²) in [5.41, 5.74) is -1.49. The first-order valence-electron chi connectivity index (χ1n) is 8.11. The van der Waals surface area contributed by atoms with Crippen molar-refractivity contribution in [3.8, 4) is 0 Å². The molecule has 1 heterocycles. The van der Waals surface area contributed by atoms with Crippen LogP contribution in [0.1, 0.15) is 27.7 Å². The summed E-state index contributed by atoms with van der Waals surface area (Å²) in [6, 6.07) is 0. The number of methoxy groups -OCH3 is 1. The zero-order valence-electron chi connectivity index (χ0n) is 14.5. The van der Waals surface area contributed by atoms with Crippen molar-refractivity contribution in [2.75, 3.05) is 13.7 Å². The molecule has 0 aromatic rings. The van der Waals surface area contributed by atoms with Crippen molar-refractivity contribution >= 4 is 21.7 Å². The Kier molecular flexibility index (Phi) is 3.65. The van der Waals surface area contributed by atoms with Gasteiger partial charge in [0, 0.05) is 22.9 Å². The predicted octanol–water partition coefficient (Wildman–Crippen LogP) is 4.25. The molecule has 0 aromatic heterocycles. The van der Waals surface area contributed by atoms with Gasteiger partial charge in [-0.2, -0.15) is 0 Å². The van der Waals surface area contributed by atoms with Crippen LogP contribution in [0.2, 0.25) is 0 Å². The molecule has 3 aliphatic carbocycles. The van der Waals surface area contributed by atoms with Gasteiger partial charge in [0.1, 0.15) is 0 Å². The second-order valence-electron chi connectivity index (χ2n) is 7.43. The first-order chi connectivity index (χ1) is 10.7. The highest BCUT2D eigenvalue weighted by molar-refractivity contribution is 9.11. The maximum atomic E-state index is 13.7. The van der Waals surface area contributed by atoms with E-state index in [0.29, 0.717) is 6.61 Å². The number of rotatable bonds is 4. The Morgan fingerprint density at radius 3 is 2.70 bits per heavy atom. The predicted molar refractivity (Wildman–Crippen MR) is 94.0 cm³/mol. The number of hydrogen-bond donors (Lipinski definition) is 0. The lowest BCUT2D eigenvalue weighted by Gasteiger charge is -2.64. The third kappa shape index (κ3) is 1.47. The van der Waals surface area contributed by atoms with Crippen molar-refractivity contribution in [2.24, 2.45) is 28.1 Å². The Bertz CT molecular complexity index is 639. The first-order valence-corrected chi connectivity index (χ1v) is 8.90. The number of Topliss-reactive ketones (excluding diaryl/α,β-unsaturated/α-hetero) is 1. The Balaban J connectivity index is 2.43. The molecule has 4 bridgehead atoms. The number of ketones is 1. The van der Waals surface area contributed by atoms with Crippen LogP contribution in [0.15, 0.2) is 35.4 Å². The zero-order valence-corrected chi connectivity index (χ0v) is 16.1. The second-order valence-corrected chi connectivity index (χ2v) is 8.29. The van der Waals surface area contributed by atoms with Gasteiger partial charge in [-0.25, -0.2) is 0 Å². The van der Waals surface area contributed by atoms with Crippen molar-refractivity contribution in [2.45, 2.75) is 33.5 Å². The molecule has 0 N–H and O–H groups in total. The van der Waals surface area contributed by atoms with Gasteiger partial charge >= 0.3 is 0 Å². The van der Waals surface area contributed by atoms with E-state index in [1.807, 2.05) is 19.1 Å². The lowest BCUT2D eigenvalue weighted by Crippen LogP contribution is -2.73. The largest absolute Gasteiger partial charge is 0.346 e. The normalized spacial score (nSPS) is 49.6. The second kappa shape index (κ2) is 4.90. The van der Waals surface area contributed by atoms with Crippen LogP contribution < -0.4 is 0 Å². The Morgan fingerprint density at radius 1 is 1.52 bits per heavy atom. The summed E-state index contributed by atoms with van der Waals surface area (Å²) in [5.74, 6) is -1.20. The molecule has 1 aliphatic heterocycles. The Morgan fingerprint density at radius 2 is 2.17 bits per heavy atom. The van der Waals surface area contributed by atoms with E-state index in [-0.39, 0.29) is 23.0 Å². The SMILES string of the molecule is C=CC(C)[C@@]12C=C(Br)[C@]3(C)[C@](OC)(OC[C@]3(C)[C@@H]1/C=C/C)C2=O. The third-order valence-electron chi connectivity index (χ3n) is 6.89. The molecule has 1 saturated carbocycles. The molecule has 4 rings (SSSR count). The Labute approximate surface area is 146 Å². The summed E-state index contributed by atoms with van der Waals surface area (Å²) in [6.07, 6.45) is 8.17. The third-order valence-corrected chi connectivity index (χ3v) is 7.91. The quantitative estimate of drug-likeness (QED) is 0.683. The number of allylic oxidation sites excluding steroid dienone is 4. The molecule has 0 spiro atoms. The maximum Gasteiger partial charge on any atom is 0.240 e. The van der Waals surface area contributed by atoms with E-state index in [1.165, 1.54) is 0 Å². The number of carbonyl (C=O) groups is 1. The van der Waals surface area contributed by atoms with Crippen molar-refractivity contribution < 1.29 is 14.3 Å². The van der Waals surface area contributed by atoms with E-state index in [4.69, 9.17) is 9.47 Å². The van der Waals surface area contributed by atoms with E-state index < -0.39 is 16.6 Å². The van der Waals surface area contributed by atoms with Crippen LogP contribution in [0.5, 0.6) is 0 Å². The average Bonchev–Trinajstić information content (AvgIpc) is 2.75. The number of hydrogen-bond acceptors (Lipinski definition) is 3. The van der Waals surface area contributed by atoms with Crippen LogP contribution in [0, 0.1) is 28.1 Å². The first kappa shape index (κ1) is 17.1. The fourth-order valence-corrected chi connectivity index (χ4v) is 6.33. The topological polar surface area (TPSA) is 35.5 Å². The van der Waals surface area contributed by atoms with E-state index in [9.17, 15) is 4.79 Å². The highest BCUT2D eigenvalue weighted by Gasteiger charge is 2.83. The summed E-state index contributed by atoms with van der Waals surface area (Å²) in [7, 11) is 1.58. The van der Waals surface area contributed by atoms with Crippen molar-refractivity contribution in [1.82, 2.24) is 0 Å². The lowest BCUT2D eigenvalue weighted by molar-refractivity contribution is -0.250. The smallest absolute Gasteiger partial charge is 0.240 e. The molecule has 6 atom stereocenters. The van der Waals surface area contributed by atoms with E-state index in [1.54, 1.807) is 7.11 Å². The molecule has 0 amide bonds. The highest BCUT2D eigenvalue weighted by Crippen LogP contribution is 2.76. The highest BCUT2D eigenvalue weighted by atomic mass is 79.9. The van der Waals surface area contributed by atoms with E-state index in [2.05, 4.69) is 55.4 Å². The molecule has 1 saturated heterocycles. The van der Waals surface area contributed by atoms with Crippen LogP contribution in [0.3, 0.4) is 0 Å². The molecule has 4 heteroatoms. The summed E-state index contributed by atoms with van der Waals surface area (Å²) < 4.78 is 12.9.